The number of rotatable bonds is 6. The minimum atomic E-state index is -0.645. The van der Waals surface area contributed by atoms with Crippen LogP contribution in [-0.2, 0) is 4.79 Å². The molecule has 23 heavy (non-hydrogen) atoms. The molecule has 0 bridgehead atoms. The van der Waals surface area contributed by atoms with Gasteiger partial charge in [0.15, 0.2) is 18.1 Å². The van der Waals surface area contributed by atoms with Crippen LogP contribution < -0.4 is 14.2 Å². The molecule has 0 aliphatic heterocycles. The van der Waals surface area contributed by atoms with Crippen molar-refractivity contribution in [1.29, 1.82) is 0 Å². The van der Waals surface area contributed by atoms with Gasteiger partial charge in [-0.2, -0.15) is 0 Å². The van der Waals surface area contributed by atoms with Gasteiger partial charge in [-0.25, -0.2) is 4.79 Å². The van der Waals surface area contributed by atoms with E-state index in [1.165, 1.54) is 31.4 Å². The highest BCUT2D eigenvalue weighted by molar-refractivity contribution is 6.35. The maximum Gasteiger partial charge on any atom is 0.349 e. The van der Waals surface area contributed by atoms with Gasteiger partial charge in [-0.3, -0.25) is 4.79 Å². The fraction of sp³-hybridized carbons (Fsp3) is 0.125. The molecule has 0 N–H and O–H groups in total. The van der Waals surface area contributed by atoms with Crippen LogP contribution in [-0.4, -0.2) is 26.0 Å². The highest BCUT2D eigenvalue weighted by Crippen LogP contribution is 2.29. The fourth-order valence-electron chi connectivity index (χ4n) is 1.72. The molecule has 0 heterocycles. The predicted octanol–water partition coefficient (Wildman–Crippen LogP) is 3.80. The number of esters is 1. The van der Waals surface area contributed by atoms with Crippen LogP contribution in [0.15, 0.2) is 36.4 Å². The number of carbonyl (C=O) groups excluding carboxylic acids is 2. The van der Waals surface area contributed by atoms with Crippen LogP contribution in [0.4, 0.5) is 0 Å². The Labute approximate surface area is 142 Å². The Hall–Kier alpha value is -2.24. The number of halogens is 2. The minimum Gasteiger partial charge on any atom is -0.493 e. The summed E-state index contributed by atoms with van der Waals surface area (Å²) >= 11 is 11.7. The molecule has 0 saturated heterocycles. The topological polar surface area (TPSA) is 61.8 Å². The zero-order valence-electron chi connectivity index (χ0n) is 12.0. The van der Waals surface area contributed by atoms with E-state index in [0.717, 1.165) is 0 Å². The first kappa shape index (κ1) is 17.1. The summed E-state index contributed by atoms with van der Waals surface area (Å²) in [5, 5.41) is 0.753. The number of methoxy groups -OCH3 is 1. The molecule has 7 heteroatoms. The number of carbonyl (C=O) groups is 2. The summed E-state index contributed by atoms with van der Waals surface area (Å²) in [4.78, 5) is 22.6. The van der Waals surface area contributed by atoms with E-state index in [0.29, 0.717) is 27.6 Å². The average Bonchev–Trinajstić information content (AvgIpc) is 2.54. The van der Waals surface area contributed by atoms with Gasteiger partial charge in [0.05, 0.1) is 12.1 Å². The van der Waals surface area contributed by atoms with Gasteiger partial charge in [0.2, 0.25) is 0 Å². The lowest BCUT2D eigenvalue weighted by molar-refractivity contribution is -0.136. The summed E-state index contributed by atoms with van der Waals surface area (Å²) in [6.07, 6.45) is 0.666. The molecule has 0 spiro atoms. The van der Waals surface area contributed by atoms with Crippen LogP contribution in [0.5, 0.6) is 17.2 Å². The van der Waals surface area contributed by atoms with Crippen LogP contribution in [0, 0.1) is 0 Å². The summed E-state index contributed by atoms with van der Waals surface area (Å²) in [7, 11) is 1.41. The molecular formula is C16H12Cl2O5. The van der Waals surface area contributed by atoms with Crippen molar-refractivity contribution in [3.8, 4) is 17.2 Å². The molecular weight excluding hydrogens is 343 g/mol. The Morgan fingerprint density at radius 1 is 1.09 bits per heavy atom. The molecule has 2 rings (SSSR count). The summed E-state index contributed by atoms with van der Waals surface area (Å²) in [5.74, 6) is 0.130. The fourth-order valence-corrected chi connectivity index (χ4v) is 2.19. The molecule has 5 nitrogen and oxygen atoms in total. The molecule has 0 atom stereocenters. The summed E-state index contributed by atoms with van der Waals surface area (Å²) in [5.41, 5.74) is 0.408. The summed E-state index contributed by atoms with van der Waals surface area (Å²) in [6.45, 7) is -0.347. The monoisotopic (exact) mass is 354 g/mol. The highest BCUT2D eigenvalue weighted by Gasteiger charge is 2.12. The normalized spacial score (nSPS) is 10.0. The first-order valence-electron chi connectivity index (χ1n) is 6.45. The molecule has 0 aliphatic carbocycles. The van der Waals surface area contributed by atoms with E-state index in [1.54, 1.807) is 12.1 Å². The van der Waals surface area contributed by atoms with Crippen LogP contribution >= 0.6 is 23.2 Å². The molecule has 0 fully saturated rings. The standard InChI is InChI=1S/C16H12Cl2O5/c1-21-15-6-10(8-19)2-4-14(15)23-16(20)9-22-13-5-3-11(17)7-12(13)18/h2-8H,9H2,1H3. The lowest BCUT2D eigenvalue weighted by atomic mass is 10.2. The number of hydrogen-bond donors (Lipinski definition) is 0. The molecule has 120 valence electrons. The number of hydrogen-bond acceptors (Lipinski definition) is 5. The molecule has 0 aliphatic rings. The predicted molar refractivity (Wildman–Crippen MR) is 86.0 cm³/mol. The highest BCUT2D eigenvalue weighted by atomic mass is 35.5. The molecule has 0 unspecified atom stereocenters. The smallest absolute Gasteiger partial charge is 0.349 e. The van der Waals surface area contributed by atoms with E-state index in [1.807, 2.05) is 0 Å². The lowest BCUT2D eigenvalue weighted by Crippen LogP contribution is -2.18. The second-order valence-corrected chi connectivity index (χ2v) is 5.21. The number of benzene rings is 2. The van der Waals surface area contributed by atoms with Crippen molar-refractivity contribution in [3.05, 3.63) is 52.0 Å². The largest absolute Gasteiger partial charge is 0.493 e. The van der Waals surface area contributed by atoms with E-state index in [4.69, 9.17) is 37.4 Å². The third kappa shape index (κ3) is 4.61. The Bertz CT molecular complexity index is 730. The number of aldehydes is 1. The van der Waals surface area contributed by atoms with Crippen LogP contribution in [0.1, 0.15) is 10.4 Å². The number of ether oxygens (including phenoxy) is 3. The third-order valence-electron chi connectivity index (χ3n) is 2.79. The third-order valence-corrected chi connectivity index (χ3v) is 3.32. The van der Waals surface area contributed by atoms with Crippen molar-refractivity contribution < 1.29 is 23.8 Å². The molecule has 0 saturated carbocycles. The van der Waals surface area contributed by atoms with Gasteiger partial charge in [-0.15, -0.1) is 0 Å². The SMILES string of the molecule is COc1cc(C=O)ccc1OC(=O)COc1ccc(Cl)cc1Cl. The van der Waals surface area contributed by atoms with Crippen molar-refractivity contribution in [2.24, 2.45) is 0 Å². The quantitative estimate of drug-likeness (QED) is 0.448. The zero-order valence-corrected chi connectivity index (χ0v) is 13.6. The van der Waals surface area contributed by atoms with Crippen LogP contribution in [0.25, 0.3) is 0 Å². The Morgan fingerprint density at radius 3 is 2.48 bits per heavy atom. The first-order chi connectivity index (χ1) is 11.0. The van der Waals surface area contributed by atoms with Crippen molar-refractivity contribution in [2.45, 2.75) is 0 Å². The van der Waals surface area contributed by atoms with Gasteiger partial charge in [-0.05, 0) is 36.4 Å². The molecule has 2 aromatic rings. The van der Waals surface area contributed by atoms with E-state index in [9.17, 15) is 9.59 Å². The van der Waals surface area contributed by atoms with E-state index in [-0.39, 0.29) is 18.1 Å². The van der Waals surface area contributed by atoms with Gasteiger partial charge in [0.25, 0.3) is 0 Å². The Balaban J connectivity index is 2.01. The Kier molecular flexibility index (Phi) is 5.84. The van der Waals surface area contributed by atoms with Gasteiger partial charge in [-0.1, -0.05) is 23.2 Å². The van der Waals surface area contributed by atoms with E-state index < -0.39 is 5.97 Å². The second-order valence-electron chi connectivity index (χ2n) is 4.37. The minimum absolute atomic E-state index is 0.189. The molecule has 2 aromatic carbocycles. The van der Waals surface area contributed by atoms with Gasteiger partial charge in [0, 0.05) is 10.6 Å². The van der Waals surface area contributed by atoms with Crippen molar-refractivity contribution in [2.75, 3.05) is 13.7 Å². The van der Waals surface area contributed by atoms with Crippen LogP contribution in [0.3, 0.4) is 0 Å². The van der Waals surface area contributed by atoms with Crippen molar-refractivity contribution in [1.82, 2.24) is 0 Å². The van der Waals surface area contributed by atoms with Crippen LogP contribution in [0.2, 0.25) is 10.0 Å². The maximum absolute atomic E-state index is 11.8. The lowest BCUT2D eigenvalue weighted by Gasteiger charge is -2.11. The van der Waals surface area contributed by atoms with Gasteiger partial charge >= 0.3 is 5.97 Å². The average molecular weight is 355 g/mol. The molecule has 0 amide bonds. The first-order valence-corrected chi connectivity index (χ1v) is 7.21. The van der Waals surface area contributed by atoms with Crippen molar-refractivity contribution >= 4 is 35.5 Å². The van der Waals surface area contributed by atoms with Gasteiger partial charge in [0.1, 0.15) is 12.0 Å². The maximum atomic E-state index is 11.8. The Morgan fingerprint density at radius 2 is 1.83 bits per heavy atom. The second kappa shape index (κ2) is 7.85. The van der Waals surface area contributed by atoms with Gasteiger partial charge < -0.3 is 14.2 Å². The summed E-state index contributed by atoms with van der Waals surface area (Å²) in [6, 6.07) is 9.09. The zero-order chi connectivity index (χ0) is 16.8. The van der Waals surface area contributed by atoms with E-state index >= 15 is 0 Å². The molecule has 0 radical (unpaired) electrons. The van der Waals surface area contributed by atoms with E-state index in [2.05, 4.69) is 0 Å². The summed E-state index contributed by atoms with van der Waals surface area (Å²) < 4.78 is 15.5. The van der Waals surface area contributed by atoms with Crippen molar-refractivity contribution in [3.63, 3.8) is 0 Å². The molecule has 0 aromatic heterocycles.